The second-order valence-electron chi connectivity index (χ2n) is 1.33. The largest absolute Gasteiger partial charge is 0.307 e. The van der Waals surface area contributed by atoms with Crippen molar-refractivity contribution in [2.24, 2.45) is 5.92 Å². The summed E-state index contributed by atoms with van der Waals surface area (Å²) in [6, 6.07) is -1.32. The van der Waals surface area contributed by atoms with Crippen LogP contribution in [0.4, 0.5) is 4.39 Å². The van der Waals surface area contributed by atoms with Gasteiger partial charge in [0, 0.05) is 0 Å². The van der Waals surface area contributed by atoms with Gasteiger partial charge in [-0.25, -0.2) is 0 Å². The van der Waals surface area contributed by atoms with Gasteiger partial charge in [0.25, 0.3) is 0 Å². The van der Waals surface area contributed by atoms with Gasteiger partial charge >= 0.3 is 6.04 Å². The highest BCUT2D eigenvalue weighted by molar-refractivity contribution is 5.72. The molecule has 0 aromatic heterocycles. The number of halogens is 1. The minimum Gasteiger partial charge on any atom is -0.261 e. The van der Waals surface area contributed by atoms with Crippen LogP contribution < -0.4 is 0 Å². The van der Waals surface area contributed by atoms with Crippen molar-refractivity contribution in [1.82, 2.24) is 0 Å². The van der Waals surface area contributed by atoms with E-state index < -0.39 is 12.0 Å². The molecule has 0 fully saturated rings. The minimum atomic E-state index is -1.32. The Morgan fingerprint density at radius 1 is 2.00 bits per heavy atom. The van der Waals surface area contributed by atoms with Crippen LogP contribution in [-0.4, -0.2) is 6.04 Å². The summed E-state index contributed by atoms with van der Waals surface area (Å²) in [5.41, 5.74) is 0. The van der Waals surface area contributed by atoms with Crippen molar-refractivity contribution in [3.05, 3.63) is 12.7 Å². The molecule has 40 valence electrons. The Bertz CT molecular complexity index is 88.1. The van der Waals surface area contributed by atoms with Gasteiger partial charge in [-0.2, -0.15) is 4.39 Å². The van der Waals surface area contributed by atoms with E-state index in [9.17, 15) is 9.18 Å². The molecule has 0 saturated heterocycles. The number of carbonyl (C=O) groups excluding carboxylic acids is 1. The van der Waals surface area contributed by atoms with Crippen molar-refractivity contribution in [3.63, 3.8) is 0 Å². The van der Waals surface area contributed by atoms with Crippen LogP contribution in [0.3, 0.4) is 0 Å². The molecule has 0 aromatic carbocycles. The first kappa shape index (κ1) is 6.34. The smallest absolute Gasteiger partial charge is 0.261 e. The molecular formula is C5H7FO. The van der Waals surface area contributed by atoms with Crippen LogP contribution >= 0.6 is 0 Å². The van der Waals surface area contributed by atoms with Gasteiger partial charge in [-0.05, 0) is 6.92 Å². The van der Waals surface area contributed by atoms with Gasteiger partial charge in [-0.3, -0.25) is 4.79 Å². The van der Waals surface area contributed by atoms with Crippen LogP contribution in [0, 0.1) is 5.92 Å². The molecule has 2 heteroatoms. The topological polar surface area (TPSA) is 17.1 Å². The van der Waals surface area contributed by atoms with Crippen molar-refractivity contribution in [2.75, 3.05) is 0 Å². The van der Waals surface area contributed by atoms with Crippen molar-refractivity contribution >= 4 is 6.04 Å². The third-order valence-electron chi connectivity index (χ3n) is 0.712. The van der Waals surface area contributed by atoms with Gasteiger partial charge < -0.3 is 0 Å². The fraction of sp³-hybridized carbons (Fsp3) is 0.400. The first-order chi connectivity index (χ1) is 3.18. The maximum Gasteiger partial charge on any atom is 0.307 e. The van der Waals surface area contributed by atoms with E-state index in [4.69, 9.17) is 0 Å². The van der Waals surface area contributed by atoms with Gasteiger partial charge in [0.15, 0.2) is 0 Å². The second kappa shape index (κ2) is 2.50. The molecule has 0 spiro atoms. The zero-order valence-electron chi connectivity index (χ0n) is 4.15. The number of carbonyl (C=O) groups is 1. The highest BCUT2D eigenvalue weighted by Gasteiger charge is 2.03. The SMILES string of the molecule is C=C[C@H](C)C(=O)F. The summed E-state index contributed by atoms with van der Waals surface area (Å²) >= 11 is 0. The van der Waals surface area contributed by atoms with E-state index in [2.05, 4.69) is 6.58 Å². The van der Waals surface area contributed by atoms with Crippen LogP contribution in [0.25, 0.3) is 0 Å². The lowest BCUT2D eigenvalue weighted by molar-refractivity contribution is -0.131. The van der Waals surface area contributed by atoms with Crippen LogP contribution in [0.2, 0.25) is 0 Å². The Labute approximate surface area is 41.8 Å². The standard InChI is InChI=1S/C5H7FO/c1-3-4(2)5(6)7/h3-4H,1H2,2H3/t4-/m0/s1. The maximum atomic E-state index is 11.4. The molecule has 0 heterocycles. The Kier molecular flexibility index (Phi) is 2.27. The Morgan fingerprint density at radius 3 is 2.43 bits per heavy atom. The van der Waals surface area contributed by atoms with E-state index in [1.807, 2.05) is 0 Å². The average molecular weight is 102 g/mol. The van der Waals surface area contributed by atoms with Gasteiger partial charge in [0.2, 0.25) is 0 Å². The third kappa shape index (κ3) is 2.09. The first-order valence-corrected chi connectivity index (χ1v) is 2.00. The summed E-state index contributed by atoms with van der Waals surface area (Å²) in [5, 5.41) is 0. The molecule has 1 nitrogen and oxygen atoms in total. The highest BCUT2D eigenvalue weighted by Crippen LogP contribution is 1.96. The monoisotopic (exact) mass is 102 g/mol. The number of rotatable bonds is 2. The molecule has 0 radical (unpaired) electrons. The summed E-state index contributed by atoms with van der Waals surface area (Å²) in [5.74, 6) is -0.639. The van der Waals surface area contributed by atoms with Crippen molar-refractivity contribution < 1.29 is 9.18 Å². The normalized spacial score (nSPS) is 12.9. The highest BCUT2D eigenvalue weighted by atomic mass is 19.1. The number of allylic oxidation sites excluding steroid dienone is 1. The predicted molar refractivity (Wildman–Crippen MR) is 25.5 cm³/mol. The summed E-state index contributed by atoms with van der Waals surface area (Å²) < 4.78 is 11.4. The summed E-state index contributed by atoms with van der Waals surface area (Å²) in [7, 11) is 0. The molecule has 0 aliphatic heterocycles. The van der Waals surface area contributed by atoms with E-state index in [0.29, 0.717) is 0 Å². The van der Waals surface area contributed by atoms with Gasteiger partial charge in [0.1, 0.15) is 0 Å². The van der Waals surface area contributed by atoms with Crippen LogP contribution in [0.5, 0.6) is 0 Å². The molecule has 0 amide bonds. The lowest BCUT2D eigenvalue weighted by atomic mass is 10.2. The van der Waals surface area contributed by atoms with Crippen molar-refractivity contribution in [1.29, 1.82) is 0 Å². The third-order valence-corrected chi connectivity index (χ3v) is 0.712. The molecule has 0 saturated carbocycles. The molecule has 0 N–H and O–H groups in total. The van der Waals surface area contributed by atoms with E-state index in [-0.39, 0.29) is 0 Å². The fourth-order valence-corrected chi connectivity index (χ4v) is 0.0927. The molecule has 0 aliphatic carbocycles. The molecule has 0 unspecified atom stereocenters. The van der Waals surface area contributed by atoms with Gasteiger partial charge in [-0.1, -0.05) is 6.08 Å². The predicted octanol–water partition coefficient (Wildman–Crippen LogP) is 1.30. The van der Waals surface area contributed by atoms with Crippen molar-refractivity contribution in [2.45, 2.75) is 6.92 Å². The molecular weight excluding hydrogens is 95.1 g/mol. The molecule has 0 aliphatic rings. The Morgan fingerprint density at radius 2 is 2.43 bits per heavy atom. The zero-order valence-corrected chi connectivity index (χ0v) is 4.15. The minimum absolute atomic E-state index is 0.639. The molecule has 0 bridgehead atoms. The van der Waals surface area contributed by atoms with Crippen LogP contribution in [0.1, 0.15) is 6.92 Å². The second-order valence-corrected chi connectivity index (χ2v) is 1.33. The van der Waals surface area contributed by atoms with E-state index in [1.165, 1.54) is 13.0 Å². The lowest BCUT2D eigenvalue weighted by Crippen LogP contribution is -1.98. The summed E-state index contributed by atoms with van der Waals surface area (Å²) in [6.45, 7) is 4.67. The quantitative estimate of drug-likeness (QED) is 0.379. The van der Waals surface area contributed by atoms with E-state index in [0.717, 1.165) is 0 Å². The summed E-state index contributed by atoms with van der Waals surface area (Å²) in [6.07, 6.45) is 1.27. The van der Waals surface area contributed by atoms with E-state index in [1.54, 1.807) is 0 Å². The van der Waals surface area contributed by atoms with Gasteiger partial charge in [0.05, 0.1) is 5.92 Å². The fourth-order valence-electron chi connectivity index (χ4n) is 0.0927. The molecule has 0 rings (SSSR count). The van der Waals surface area contributed by atoms with E-state index >= 15 is 0 Å². The zero-order chi connectivity index (χ0) is 5.86. The average Bonchev–Trinajstić information content (AvgIpc) is 1.65. The maximum absolute atomic E-state index is 11.4. The van der Waals surface area contributed by atoms with Crippen LogP contribution in [-0.2, 0) is 4.79 Å². The van der Waals surface area contributed by atoms with Crippen molar-refractivity contribution in [3.8, 4) is 0 Å². The molecule has 7 heavy (non-hydrogen) atoms. The first-order valence-electron chi connectivity index (χ1n) is 2.00. The van der Waals surface area contributed by atoms with Crippen LogP contribution in [0.15, 0.2) is 12.7 Å². The molecule has 1 atom stereocenters. The summed E-state index contributed by atoms with van der Waals surface area (Å²) in [4.78, 5) is 9.64. The number of hydrogen-bond acceptors (Lipinski definition) is 1. The molecule has 0 aromatic rings. The Balaban J connectivity index is 3.55. The Hall–Kier alpha value is -0.660. The van der Waals surface area contributed by atoms with Gasteiger partial charge in [-0.15, -0.1) is 6.58 Å². The lowest BCUT2D eigenvalue weighted by Gasteiger charge is -1.89. The number of hydrogen-bond donors (Lipinski definition) is 0.